The summed E-state index contributed by atoms with van der Waals surface area (Å²) in [5.41, 5.74) is 7.37. The number of hydrogen-bond donors (Lipinski definition) is 1. The molecular formula is C14H19Cl2N. The topological polar surface area (TPSA) is 26.0 Å². The summed E-state index contributed by atoms with van der Waals surface area (Å²) in [6.45, 7) is 4.45. The number of halogens is 2. The molecular weight excluding hydrogens is 253 g/mol. The SMILES string of the molecule is CC1(C)CCCCC1(N)c1cccc(Cl)c1Cl. The molecule has 0 aromatic heterocycles. The Kier molecular flexibility index (Phi) is 3.46. The van der Waals surface area contributed by atoms with Crippen LogP contribution in [0.3, 0.4) is 0 Å². The molecule has 0 amide bonds. The molecule has 2 N–H and O–H groups in total. The average molecular weight is 272 g/mol. The molecule has 1 aromatic rings. The zero-order valence-electron chi connectivity index (χ0n) is 10.4. The zero-order chi connectivity index (χ0) is 12.7. The van der Waals surface area contributed by atoms with Crippen molar-refractivity contribution in [2.75, 3.05) is 0 Å². The fourth-order valence-electron chi connectivity index (χ4n) is 2.88. The standard InChI is InChI=1S/C14H19Cl2N/c1-13(2)8-3-4-9-14(13,17)10-6-5-7-11(15)12(10)16/h5-7H,3-4,8-9,17H2,1-2H3. The first kappa shape index (κ1) is 13.2. The van der Waals surface area contributed by atoms with Gasteiger partial charge in [0.05, 0.1) is 10.0 Å². The van der Waals surface area contributed by atoms with Crippen LogP contribution in [0.5, 0.6) is 0 Å². The van der Waals surface area contributed by atoms with Gasteiger partial charge in [-0.15, -0.1) is 0 Å². The smallest absolute Gasteiger partial charge is 0.0643 e. The Balaban J connectivity index is 2.53. The summed E-state index contributed by atoms with van der Waals surface area (Å²) in [5.74, 6) is 0. The maximum Gasteiger partial charge on any atom is 0.0643 e. The predicted molar refractivity (Wildman–Crippen MR) is 74.6 cm³/mol. The highest BCUT2D eigenvalue weighted by Crippen LogP contribution is 2.50. The second kappa shape index (κ2) is 4.46. The van der Waals surface area contributed by atoms with Gasteiger partial charge >= 0.3 is 0 Å². The molecule has 0 radical (unpaired) electrons. The normalized spacial score (nSPS) is 28.1. The van der Waals surface area contributed by atoms with Gasteiger partial charge in [-0.05, 0) is 29.9 Å². The summed E-state index contributed by atoms with van der Waals surface area (Å²) < 4.78 is 0. The third-order valence-electron chi connectivity index (χ3n) is 4.26. The van der Waals surface area contributed by atoms with Gasteiger partial charge in [-0.2, -0.15) is 0 Å². The highest BCUT2D eigenvalue weighted by molar-refractivity contribution is 6.42. The van der Waals surface area contributed by atoms with Crippen LogP contribution in [0.25, 0.3) is 0 Å². The first-order chi connectivity index (χ1) is 7.88. The highest BCUT2D eigenvalue weighted by atomic mass is 35.5. The molecule has 0 bridgehead atoms. The molecule has 0 saturated heterocycles. The summed E-state index contributed by atoms with van der Waals surface area (Å²) in [6.07, 6.45) is 4.50. The van der Waals surface area contributed by atoms with E-state index in [0.717, 1.165) is 24.8 Å². The van der Waals surface area contributed by atoms with Crippen LogP contribution < -0.4 is 5.73 Å². The van der Waals surface area contributed by atoms with Crippen LogP contribution in [0.4, 0.5) is 0 Å². The van der Waals surface area contributed by atoms with Crippen molar-refractivity contribution < 1.29 is 0 Å². The Morgan fingerprint density at radius 3 is 2.41 bits per heavy atom. The summed E-state index contributed by atoms with van der Waals surface area (Å²) >= 11 is 12.4. The van der Waals surface area contributed by atoms with E-state index in [0.29, 0.717) is 10.0 Å². The highest BCUT2D eigenvalue weighted by Gasteiger charge is 2.45. The summed E-state index contributed by atoms with van der Waals surface area (Å²) in [6, 6.07) is 5.76. The molecule has 1 aromatic carbocycles. The van der Waals surface area contributed by atoms with Gasteiger partial charge in [-0.25, -0.2) is 0 Å². The molecule has 1 atom stereocenters. The van der Waals surface area contributed by atoms with E-state index in [1.807, 2.05) is 18.2 Å². The fraction of sp³-hybridized carbons (Fsp3) is 0.571. The third-order valence-corrected chi connectivity index (χ3v) is 5.08. The lowest BCUT2D eigenvalue weighted by molar-refractivity contribution is 0.0979. The van der Waals surface area contributed by atoms with E-state index in [2.05, 4.69) is 13.8 Å². The second-order valence-electron chi connectivity index (χ2n) is 5.66. The Hall–Kier alpha value is -0.240. The minimum Gasteiger partial charge on any atom is -0.321 e. The molecule has 0 aliphatic heterocycles. The van der Waals surface area contributed by atoms with Crippen molar-refractivity contribution in [2.45, 2.75) is 45.1 Å². The minimum atomic E-state index is -0.368. The van der Waals surface area contributed by atoms with E-state index in [1.165, 1.54) is 6.42 Å². The second-order valence-corrected chi connectivity index (χ2v) is 6.45. The number of nitrogens with two attached hydrogens (primary N) is 1. The van der Waals surface area contributed by atoms with Gasteiger partial charge in [0.2, 0.25) is 0 Å². The van der Waals surface area contributed by atoms with E-state index in [1.54, 1.807) is 0 Å². The maximum atomic E-state index is 6.68. The zero-order valence-corrected chi connectivity index (χ0v) is 11.9. The Labute approximate surface area is 113 Å². The quantitative estimate of drug-likeness (QED) is 0.784. The van der Waals surface area contributed by atoms with Gasteiger partial charge in [-0.3, -0.25) is 0 Å². The maximum absolute atomic E-state index is 6.68. The van der Waals surface area contributed by atoms with E-state index in [9.17, 15) is 0 Å². The van der Waals surface area contributed by atoms with Crippen LogP contribution in [-0.2, 0) is 5.54 Å². The van der Waals surface area contributed by atoms with Crippen LogP contribution in [0.1, 0.15) is 45.1 Å². The van der Waals surface area contributed by atoms with E-state index in [-0.39, 0.29) is 11.0 Å². The first-order valence-electron chi connectivity index (χ1n) is 6.12. The van der Waals surface area contributed by atoms with Gasteiger partial charge in [-0.1, -0.05) is 62.0 Å². The largest absolute Gasteiger partial charge is 0.321 e. The van der Waals surface area contributed by atoms with Crippen LogP contribution in [0, 0.1) is 5.41 Å². The molecule has 1 unspecified atom stereocenters. The molecule has 2 rings (SSSR count). The van der Waals surface area contributed by atoms with Crippen LogP contribution >= 0.6 is 23.2 Å². The van der Waals surface area contributed by atoms with Gasteiger partial charge in [0, 0.05) is 5.54 Å². The van der Waals surface area contributed by atoms with Crippen molar-refractivity contribution in [3.8, 4) is 0 Å². The minimum absolute atomic E-state index is 0.0551. The molecule has 1 fully saturated rings. The van der Waals surface area contributed by atoms with Crippen molar-refractivity contribution >= 4 is 23.2 Å². The Morgan fingerprint density at radius 2 is 1.76 bits per heavy atom. The summed E-state index contributed by atoms with van der Waals surface area (Å²) in [7, 11) is 0. The monoisotopic (exact) mass is 271 g/mol. The molecule has 1 nitrogen and oxygen atoms in total. The number of benzene rings is 1. The lowest BCUT2D eigenvalue weighted by Crippen LogP contribution is -2.52. The fourth-order valence-corrected chi connectivity index (χ4v) is 3.35. The lowest BCUT2D eigenvalue weighted by Gasteiger charge is -2.48. The van der Waals surface area contributed by atoms with Crippen LogP contribution in [-0.4, -0.2) is 0 Å². The molecule has 94 valence electrons. The first-order valence-corrected chi connectivity index (χ1v) is 6.87. The third kappa shape index (κ3) is 2.09. The van der Waals surface area contributed by atoms with E-state index >= 15 is 0 Å². The van der Waals surface area contributed by atoms with Gasteiger partial charge in [0.15, 0.2) is 0 Å². The number of hydrogen-bond acceptors (Lipinski definition) is 1. The van der Waals surface area contributed by atoms with Gasteiger partial charge in [0.25, 0.3) is 0 Å². The van der Waals surface area contributed by atoms with Gasteiger partial charge in [0.1, 0.15) is 0 Å². The summed E-state index contributed by atoms with van der Waals surface area (Å²) in [4.78, 5) is 0. The number of rotatable bonds is 1. The van der Waals surface area contributed by atoms with Crippen LogP contribution in [0.2, 0.25) is 10.0 Å². The van der Waals surface area contributed by atoms with Crippen LogP contribution in [0.15, 0.2) is 18.2 Å². The lowest BCUT2D eigenvalue weighted by atomic mass is 9.61. The molecule has 1 aliphatic carbocycles. The molecule has 0 heterocycles. The van der Waals surface area contributed by atoms with Crippen molar-refractivity contribution in [2.24, 2.45) is 11.1 Å². The predicted octanol–water partition coefficient (Wildman–Crippen LogP) is 4.75. The average Bonchev–Trinajstić information content (AvgIpc) is 2.26. The van der Waals surface area contributed by atoms with Gasteiger partial charge < -0.3 is 5.73 Å². The summed E-state index contributed by atoms with van der Waals surface area (Å²) in [5, 5.41) is 1.21. The Morgan fingerprint density at radius 1 is 1.12 bits per heavy atom. The van der Waals surface area contributed by atoms with Crippen molar-refractivity contribution in [3.05, 3.63) is 33.8 Å². The molecule has 1 aliphatic rings. The van der Waals surface area contributed by atoms with E-state index < -0.39 is 0 Å². The molecule has 3 heteroatoms. The molecule has 1 saturated carbocycles. The molecule has 17 heavy (non-hydrogen) atoms. The van der Waals surface area contributed by atoms with Crippen molar-refractivity contribution in [3.63, 3.8) is 0 Å². The Bertz CT molecular complexity index is 428. The molecule has 0 spiro atoms. The van der Waals surface area contributed by atoms with E-state index in [4.69, 9.17) is 28.9 Å². The van der Waals surface area contributed by atoms with Crippen molar-refractivity contribution in [1.82, 2.24) is 0 Å². The van der Waals surface area contributed by atoms with Crippen molar-refractivity contribution in [1.29, 1.82) is 0 Å².